The summed E-state index contributed by atoms with van der Waals surface area (Å²) in [5.74, 6) is -0.970. The van der Waals surface area contributed by atoms with E-state index in [0.717, 1.165) is 12.8 Å². The van der Waals surface area contributed by atoms with Gasteiger partial charge in [-0.2, -0.15) is 0 Å². The minimum Gasteiger partial charge on any atom is -0.326 e. The van der Waals surface area contributed by atoms with Crippen molar-refractivity contribution in [1.29, 1.82) is 0 Å². The van der Waals surface area contributed by atoms with E-state index in [1.807, 2.05) is 0 Å². The molecule has 1 aromatic heterocycles. The molecule has 152 valence electrons. The molecular formula is C20H22FN5O3. The number of carbonyl (C=O) groups excluding carboxylic acids is 3. The Balaban J connectivity index is 1.29. The molecule has 2 aliphatic rings. The summed E-state index contributed by atoms with van der Waals surface area (Å²) in [6, 6.07) is 4.03. The van der Waals surface area contributed by atoms with Crippen LogP contribution in [0, 0.1) is 5.82 Å². The first kappa shape index (κ1) is 19.1. The zero-order chi connectivity index (χ0) is 20.4. The number of hydrogen-bond donors (Lipinski definition) is 2. The molecule has 1 aromatic carbocycles. The van der Waals surface area contributed by atoms with Gasteiger partial charge in [-0.05, 0) is 37.5 Å². The van der Waals surface area contributed by atoms with Gasteiger partial charge in [-0.1, -0.05) is 12.8 Å². The first-order chi connectivity index (χ1) is 14.0. The van der Waals surface area contributed by atoms with E-state index in [2.05, 4.69) is 15.6 Å². The van der Waals surface area contributed by atoms with Crippen molar-refractivity contribution in [3.63, 3.8) is 0 Å². The van der Waals surface area contributed by atoms with Crippen molar-refractivity contribution in [3.8, 4) is 5.69 Å². The van der Waals surface area contributed by atoms with Crippen LogP contribution in [-0.4, -0.2) is 44.4 Å². The Labute approximate surface area is 167 Å². The third-order valence-electron chi connectivity index (χ3n) is 5.50. The number of rotatable bonds is 6. The number of hydrogen-bond acceptors (Lipinski definition) is 4. The molecule has 0 radical (unpaired) electrons. The Bertz CT molecular complexity index is 938. The molecule has 9 heteroatoms. The zero-order valence-electron chi connectivity index (χ0n) is 15.9. The van der Waals surface area contributed by atoms with Crippen molar-refractivity contribution in [2.24, 2.45) is 0 Å². The van der Waals surface area contributed by atoms with Crippen LogP contribution in [0.15, 0.2) is 36.9 Å². The van der Waals surface area contributed by atoms with Gasteiger partial charge in [-0.15, -0.1) is 0 Å². The van der Waals surface area contributed by atoms with Crippen molar-refractivity contribution in [2.45, 2.75) is 44.1 Å². The first-order valence-electron chi connectivity index (χ1n) is 9.70. The largest absolute Gasteiger partial charge is 0.326 e. The van der Waals surface area contributed by atoms with Gasteiger partial charge in [0.05, 0.1) is 12.0 Å². The van der Waals surface area contributed by atoms with E-state index in [9.17, 15) is 18.8 Å². The maximum Gasteiger partial charge on any atom is 0.325 e. The highest BCUT2D eigenvalue weighted by Crippen LogP contribution is 2.35. The normalized spacial score (nSPS) is 17.8. The molecule has 1 spiro atoms. The summed E-state index contributed by atoms with van der Waals surface area (Å²) in [6.07, 6.45) is 8.34. The van der Waals surface area contributed by atoms with Crippen LogP contribution in [0.25, 0.3) is 5.69 Å². The molecule has 1 saturated heterocycles. The third kappa shape index (κ3) is 3.72. The Kier molecular flexibility index (Phi) is 5.04. The standard InChI is InChI=1S/C20H22FN5O3/c21-15-12-14(5-6-16(15)25-11-9-22-13-25)23-17(27)4-3-10-26-18(28)20(24-19(26)29)7-1-2-8-20/h5-6,9,11-13H,1-4,7-8,10H2,(H,23,27)(H,24,29). The zero-order valence-corrected chi connectivity index (χ0v) is 15.9. The summed E-state index contributed by atoms with van der Waals surface area (Å²) in [4.78, 5) is 42.0. The molecule has 8 nitrogen and oxygen atoms in total. The highest BCUT2D eigenvalue weighted by atomic mass is 19.1. The van der Waals surface area contributed by atoms with Gasteiger partial charge in [0.1, 0.15) is 11.4 Å². The number of aromatic nitrogens is 2. The van der Waals surface area contributed by atoms with Crippen molar-refractivity contribution in [3.05, 3.63) is 42.7 Å². The number of carbonyl (C=O) groups is 3. The number of imide groups is 1. The third-order valence-corrected chi connectivity index (χ3v) is 5.50. The lowest BCUT2D eigenvalue weighted by molar-refractivity contribution is -0.131. The number of amides is 4. The van der Waals surface area contributed by atoms with Crippen LogP contribution < -0.4 is 10.6 Å². The molecule has 0 unspecified atom stereocenters. The lowest BCUT2D eigenvalue weighted by Crippen LogP contribution is -2.44. The molecule has 2 heterocycles. The summed E-state index contributed by atoms with van der Waals surface area (Å²) in [5, 5.41) is 5.46. The van der Waals surface area contributed by atoms with E-state index in [-0.39, 0.29) is 30.8 Å². The van der Waals surface area contributed by atoms with Crippen molar-refractivity contribution >= 4 is 23.5 Å². The molecule has 1 aliphatic carbocycles. The van der Waals surface area contributed by atoms with Crippen molar-refractivity contribution in [2.75, 3.05) is 11.9 Å². The Hall–Kier alpha value is -3.23. The van der Waals surface area contributed by atoms with Gasteiger partial charge in [0, 0.05) is 31.0 Å². The second-order valence-electron chi connectivity index (χ2n) is 7.46. The van der Waals surface area contributed by atoms with Crippen molar-refractivity contribution < 1.29 is 18.8 Å². The molecule has 29 heavy (non-hydrogen) atoms. The highest BCUT2D eigenvalue weighted by Gasteiger charge is 2.51. The lowest BCUT2D eigenvalue weighted by Gasteiger charge is -2.19. The molecule has 2 fully saturated rings. The number of urea groups is 1. The fraction of sp³-hybridized carbons (Fsp3) is 0.400. The number of nitrogens with one attached hydrogen (secondary N) is 2. The van der Waals surface area contributed by atoms with E-state index < -0.39 is 11.4 Å². The average molecular weight is 399 g/mol. The quantitative estimate of drug-likeness (QED) is 0.730. The first-order valence-corrected chi connectivity index (χ1v) is 9.70. The number of imidazole rings is 1. The fourth-order valence-electron chi connectivity index (χ4n) is 4.01. The summed E-state index contributed by atoms with van der Waals surface area (Å²) in [6.45, 7) is 0.188. The van der Waals surface area contributed by atoms with E-state index >= 15 is 0 Å². The Morgan fingerprint density at radius 1 is 1.28 bits per heavy atom. The number of benzene rings is 1. The monoisotopic (exact) mass is 399 g/mol. The minimum absolute atomic E-state index is 0.120. The van der Waals surface area contributed by atoms with E-state index in [1.165, 1.54) is 21.9 Å². The van der Waals surface area contributed by atoms with Gasteiger partial charge in [-0.3, -0.25) is 14.5 Å². The highest BCUT2D eigenvalue weighted by molar-refractivity contribution is 6.07. The van der Waals surface area contributed by atoms with E-state index in [0.29, 0.717) is 30.6 Å². The molecule has 0 bridgehead atoms. The van der Waals surface area contributed by atoms with Crippen LogP contribution in [0.1, 0.15) is 38.5 Å². The van der Waals surface area contributed by atoms with Gasteiger partial charge in [-0.25, -0.2) is 14.2 Å². The van der Waals surface area contributed by atoms with Crippen molar-refractivity contribution in [1.82, 2.24) is 19.8 Å². The van der Waals surface area contributed by atoms with Gasteiger partial charge >= 0.3 is 6.03 Å². The average Bonchev–Trinajstić information content (AvgIpc) is 3.41. The van der Waals surface area contributed by atoms with E-state index in [4.69, 9.17) is 0 Å². The summed E-state index contributed by atoms with van der Waals surface area (Å²) in [7, 11) is 0. The lowest BCUT2D eigenvalue weighted by atomic mass is 9.98. The van der Waals surface area contributed by atoms with Gasteiger partial charge in [0.25, 0.3) is 5.91 Å². The maximum absolute atomic E-state index is 14.3. The van der Waals surface area contributed by atoms with Crippen LogP contribution in [0.3, 0.4) is 0 Å². The molecule has 0 atom stereocenters. The molecule has 2 N–H and O–H groups in total. The second-order valence-corrected chi connectivity index (χ2v) is 7.46. The minimum atomic E-state index is -0.728. The SMILES string of the molecule is O=C(CCCN1C(=O)NC2(CCCC2)C1=O)Nc1ccc(-n2ccnc2)c(F)c1. The molecule has 2 aromatic rings. The summed E-state index contributed by atoms with van der Waals surface area (Å²) < 4.78 is 15.8. The summed E-state index contributed by atoms with van der Waals surface area (Å²) in [5.41, 5.74) is -0.0513. The number of anilines is 1. The number of halogens is 1. The maximum atomic E-state index is 14.3. The van der Waals surface area contributed by atoms with Crippen LogP contribution >= 0.6 is 0 Å². The van der Waals surface area contributed by atoms with Gasteiger partial charge in [0.15, 0.2) is 0 Å². The Morgan fingerprint density at radius 2 is 2.07 bits per heavy atom. The number of nitrogens with zero attached hydrogens (tertiary/aromatic N) is 3. The van der Waals surface area contributed by atoms with Gasteiger partial charge in [0.2, 0.25) is 5.91 Å². The fourth-order valence-corrected chi connectivity index (χ4v) is 4.01. The van der Waals surface area contributed by atoms with Crippen LogP contribution in [0.5, 0.6) is 0 Å². The smallest absolute Gasteiger partial charge is 0.325 e. The Morgan fingerprint density at radius 3 is 2.76 bits per heavy atom. The molecule has 1 saturated carbocycles. The predicted octanol–water partition coefficient (Wildman–Crippen LogP) is 2.59. The van der Waals surface area contributed by atoms with Crippen LogP contribution in [-0.2, 0) is 9.59 Å². The molecular weight excluding hydrogens is 377 g/mol. The topological polar surface area (TPSA) is 96.3 Å². The van der Waals surface area contributed by atoms with Crippen LogP contribution in [0.2, 0.25) is 0 Å². The van der Waals surface area contributed by atoms with Gasteiger partial charge < -0.3 is 15.2 Å². The molecule has 4 amide bonds. The summed E-state index contributed by atoms with van der Waals surface area (Å²) >= 11 is 0. The van der Waals surface area contributed by atoms with E-state index in [1.54, 1.807) is 24.5 Å². The molecule has 4 rings (SSSR count). The predicted molar refractivity (Wildman–Crippen MR) is 103 cm³/mol. The van der Waals surface area contributed by atoms with Crippen LogP contribution in [0.4, 0.5) is 14.9 Å². The molecule has 1 aliphatic heterocycles. The second kappa shape index (κ2) is 7.65.